The van der Waals surface area contributed by atoms with Crippen LogP contribution in [0.4, 0.5) is 0 Å². The summed E-state index contributed by atoms with van der Waals surface area (Å²) in [6.45, 7) is 0.813. The Balaban J connectivity index is 2.81. The number of aliphatic hydroxyl groups excluding tert-OH is 1. The van der Waals surface area contributed by atoms with Crippen LogP contribution < -0.4 is 4.74 Å². The van der Waals surface area contributed by atoms with Gasteiger partial charge >= 0.3 is 0 Å². The predicted octanol–water partition coefficient (Wildman–Crippen LogP) is 1.77. The van der Waals surface area contributed by atoms with Gasteiger partial charge in [0, 0.05) is 13.7 Å². The molecule has 0 aliphatic heterocycles. The summed E-state index contributed by atoms with van der Waals surface area (Å²) < 4.78 is 10.3. The molecular formula is C12H18O3. The Labute approximate surface area is 90.6 Å². The second kappa shape index (κ2) is 6.43. The summed E-state index contributed by atoms with van der Waals surface area (Å²) in [7, 11) is 3.34. The lowest BCUT2D eigenvalue weighted by atomic mass is 10.1. The largest absolute Gasteiger partial charge is 0.496 e. The van der Waals surface area contributed by atoms with Crippen molar-refractivity contribution in [2.75, 3.05) is 20.8 Å². The van der Waals surface area contributed by atoms with Crippen molar-refractivity contribution in [3.8, 4) is 5.75 Å². The zero-order valence-corrected chi connectivity index (χ0v) is 9.32. The Kier molecular flexibility index (Phi) is 5.15. The first kappa shape index (κ1) is 12.0. The minimum absolute atomic E-state index is 0.206. The summed E-state index contributed by atoms with van der Waals surface area (Å²) >= 11 is 0. The van der Waals surface area contributed by atoms with Gasteiger partial charge in [0.05, 0.1) is 13.7 Å². The summed E-state index contributed by atoms with van der Waals surface area (Å²) in [6, 6.07) is 6.00. The molecule has 0 aliphatic rings. The molecule has 0 fully saturated rings. The van der Waals surface area contributed by atoms with Crippen LogP contribution >= 0.6 is 0 Å². The Morgan fingerprint density at radius 2 is 2.07 bits per heavy atom. The average molecular weight is 210 g/mol. The molecule has 3 heteroatoms. The number of rotatable bonds is 6. The van der Waals surface area contributed by atoms with Gasteiger partial charge in [-0.1, -0.05) is 6.07 Å². The number of aliphatic hydroxyl groups is 1. The molecule has 3 nitrogen and oxygen atoms in total. The van der Waals surface area contributed by atoms with E-state index in [0.717, 1.165) is 29.7 Å². The van der Waals surface area contributed by atoms with E-state index in [-0.39, 0.29) is 6.61 Å². The van der Waals surface area contributed by atoms with Gasteiger partial charge in [-0.15, -0.1) is 0 Å². The Bertz CT molecular complexity index is 297. The normalized spacial score (nSPS) is 10.3. The van der Waals surface area contributed by atoms with Gasteiger partial charge in [-0.2, -0.15) is 0 Å². The third-order valence-corrected chi connectivity index (χ3v) is 2.26. The molecule has 1 aromatic carbocycles. The van der Waals surface area contributed by atoms with E-state index in [1.807, 2.05) is 12.1 Å². The van der Waals surface area contributed by atoms with Crippen LogP contribution in [-0.4, -0.2) is 25.9 Å². The third kappa shape index (κ3) is 3.53. The Morgan fingerprint density at radius 1 is 1.27 bits per heavy atom. The maximum atomic E-state index is 8.80. The molecule has 0 amide bonds. The van der Waals surface area contributed by atoms with Crippen LogP contribution in [0.5, 0.6) is 5.75 Å². The molecule has 15 heavy (non-hydrogen) atoms. The molecule has 0 heterocycles. The Hall–Kier alpha value is -1.06. The lowest BCUT2D eigenvalue weighted by Crippen LogP contribution is -1.97. The van der Waals surface area contributed by atoms with Crippen molar-refractivity contribution in [1.82, 2.24) is 0 Å². The lowest BCUT2D eigenvalue weighted by molar-refractivity contribution is 0.184. The van der Waals surface area contributed by atoms with Crippen molar-refractivity contribution in [3.05, 3.63) is 29.3 Å². The SMILES string of the molecule is COCc1ccc(OC)c(CCCO)c1. The van der Waals surface area contributed by atoms with Crippen LogP contribution in [0.2, 0.25) is 0 Å². The van der Waals surface area contributed by atoms with Gasteiger partial charge in [-0.25, -0.2) is 0 Å². The van der Waals surface area contributed by atoms with Crippen LogP contribution in [0.3, 0.4) is 0 Å². The Morgan fingerprint density at radius 3 is 2.67 bits per heavy atom. The van der Waals surface area contributed by atoms with Crippen molar-refractivity contribution < 1.29 is 14.6 Å². The molecule has 0 saturated heterocycles. The van der Waals surface area contributed by atoms with Gasteiger partial charge in [0.2, 0.25) is 0 Å². The second-order valence-corrected chi connectivity index (χ2v) is 3.41. The van der Waals surface area contributed by atoms with Crippen molar-refractivity contribution in [3.63, 3.8) is 0 Å². The highest BCUT2D eigenvalue weighted by atomic mass is 16.5. The van der Waals surface area contributed by atoms with E-state index in [0.29, 0.717) is 6.61 Å². The van der Waals surface area contributed by atoms with Crippen molar-refractivity contribution in [1.29, 1.82) is 0 Å². The molecule has 0 unspecified atom stereocenters. The summed E-state index contributed by atoms with van der Waals surface area (Å²) in [5.74, 6) is 0.878. The van der Waals surface area contributed by atoms with E-state index in [1.165, 1.54) is 0 Å². The molecule has 84 valence electrons. The van der Waals surface area contributed by atoms with Gasteiger partial charge in [0.15, 0.2) is 0 Å². The molecule has 1 rings (SSSR count). The molecule has 0 spiro atoms. The first-order valence-corrected chi connectivity index (χ1v) is 5.07. The minimum atomic E-state index is 0.206. The highest BCUT2D eigenvalue weighted by Crippen LogP contribution is 2.21. The maximum Gasteiger partial charge on any atom is 0.122 e. The summed E-state index contributed by atoms with van der Waals surface area (Å²) in [5, 5.41) is 8.80. The van der Waals surface area contributed by atoms with Crippen LogP contribution in [0, 0.1) is 0 Å². The van der Waals surface area contributed by atoms with Crippen LogP contribution in [0.1, 0.15) is 17.5 Å². The molecule has 1 N–H and O–H groups in total. The quantitative estimate of drug-likeness (QED) is 0.777. The highest BCUT2D eigenvalue weighted by Gasteiger charge is 2.04. The molecule has 0 atom stereocenters. The molecule has 0 bridgehead atoms. The minimum Gasteiger partial charge on any atom is -0.496 e. The maximum absolute atomic E-state index is 8.80. The number of hydrogen-bond acceptors (Lipinski definition) is 3. The molecule has 0 radical (unpaired) electrons. The number of methoxy groups -OCH3 is 2. The van der Waals surface area contributed by atoms with E-state index in [9.17, 15) is 0 Å². The van der Waals surface area contributed by atoms with E-state index in [2.05, 4.69) is 6.07 Å². The number of benzene rings is 1. The lowest BCUT2D eigenvalue weighted by Gasteiger charge is -2.10. The fraction of sp³-hybridized carbons (Fsp3) is 0.500. The standard InChI is InChI=1S/C12H18O3/c1-14-9-10-5-6-12(15-2)11(8-10)4-3-7-13/h5-6,8,13H,3-4,7,9H2,1-2H3. The second-order valence-electron chi connectivity index (χ2n) is 3.41. The van der Waals surface area contributed by atoms with Gasteiger partial charge in [0.25, 0.3) is 0 Å². The van der Waals surface area contributed by atoms with Crippen LogP contribution in [0.15, 0.2) is 18.2 Å². The van der Waals surface area contributed by atoms with Crippen molar-refractivity contribution in [2.24, 2.45) is 0 Å². The van der Waals surface area contributed by atoms with Crippen molar-refractivity contribution >= 4 is 0 Å². The fourth-order valence-corrected chi connectivity index (χ4v) is 1.55. The fourth-order valence-electron chi connectivity index (χ4n) is 1.55. The number of hydrogen-bond donors (Lipinski definition) is 1. The van der Waals surface area contributed by atoms with E-state index >= 15 is 0 Å². The smallest absolute Gasteiger partial charge is 0.122 e. The van der Waals surface area contributed by atoms with Crippen molar-refractivity contribution in [2.45, 2.75) is 19.4 Å². The molecular weight excluding hydrogens is 192 g/mol. The van der Waals surface area contributed by atoms with Gasteiger partial charge in [0.1, 0.15) is 5.75 Å². The van der Waals surface area contributed by atoms with Gasteiger partial charge < -0.3 is 14.6 Å². The number of ether oxygens (including phenoxy) is 2. The topological polar surface area (TPSA) is 38.7 Å². The van der Waals surface area contributed by atoms with E-state index < -0.39 is 0 Å². The first-order valence-electron chi connectivity index (χ1n) is 5.07. The predicted molar refractivity (Wildman–Crippen MR) is 59.1 cm³/mol. The molecule has 0 saturated carbocycles. The van der Waals surface area contributed by atoms with Gasteiger partial charge in [-0.05, 0) is 36.1 Å². The summed E-state index contributed by atoms with van der Waals surface area (Å²) in [6.07, 6.45) is 1.59. The van der Waals surface area contributed by atoms with E-state index in [1.54, 1.807) is 14.2 Å². The number of aryl methyl sites for hydroxylation is 1. The summed E-state index contributed by atoms with van der Waals surface area (Å²) in [5.41, 5.74) is 2.26. The monoisotopic (exact) mass is 210 g/mol. The molecule has 0 aliphatic carbocycles. The first-order chi connectivity index (χ1) is 7.31. The van der Waals surface area contributed by atoms with E-state index in [4.69, 9.17) is 14.6 Å². The third-order valence-electron chi connectivity index (χ3n) is 2.26. The molecule has 1 aromatic rings. The van der Waals surface area contributed by atoms with Gasteiger partial charge in [-0.3, -0.25) is 0 Å². The highest BCUT2D eigenvalue weighted by molar-refractivity contribution is 5.37. The van der Waals surface area contributed by atoms with Crippen LogP contribution in [-0.2, 0) is 17.8 Å². The van der Waals surface area contributed by atoms with Crippen LogP contribution in [0.25, 0.3) is 0 Å². The summed E-state index contributed by atoms with van der Waals surface area (Å²) in [4.78, 5) is 0. The molecule has 0 aromatic heterocycles. The average Bonchev–Trinajstić information content (AvgIpc) is 2.27. The zero-order chi connectivity index (χ0) is 11.1. The zero-order valence-electron chi connectivity index (χ0n) is 9.32.